The molecule has 0 aromatic heterocycles. The van der Waals surface area contributed by atoms with Gasteiger partial charge in [0.15, 0.2) is 5.96 Å². The van der Waals surface area contributed by atoms with Crippen molar-refractivity contribution in [2.75, 3.05) is 31.6 Å². The predicted octanol–water partition coefficient (Wildman–Crippen LogP) is 3.84. The number of rotatable bonds is 8. The van der Waals surface area contributed by atoms with Crippen LogP contribution in [-0.2, 0) is 11.3 Å². The van der Waals surface area contributed by atoms with Crippen molar-refractivity contribution in [2.45, 2.75) is 38.8 Å². The van der Waals surface area contributed by atoms with Gasteiger partial charge in [-0.05, 0) is 43.0 Å². The predicted molar refractivity (Wildman–Crippen MR) is 139 cm³/mol. The van der Waals surface area contributed by atoms with Gasteiger partial charge in [-0.1, -0.05) is 42.5 Å². The number of halogens is 1. The van der Waals surface area contributed by atoms with Gasteiger partial charge in [0.1, 0.15) is 0 Å². The topological polar surface area (TPSA) is 68.8 Å². The van der Waals surface area contributed by atoms with Crippen LogP contribution in [0, 0.1) is 0 Å². The molecule has 1 aliphatic rings. The Kier molecular flexibility index (Phi) is 10.6. The highest BCUT2D eigenvalue weighted by Gasteiger charge is 2.14. The van der Waals surface area contributed by atoms with Gasteiger partial charge >= 0.3 is 0 Å². The number of guanidine groups is 1. The number of anilines is 1. The lowest BCUT2D eigenvalue weighted by Crippen LogP contribution is -2.40. The summed E-state index contributed by atoms with van der Waals surface area (Å²) in [7, 11) is 1.75. The minimum Gasteiger partial charge on any atom is -0.372 e. The van der Waals surface area contributed by atoms with Gasteiger partial charge in [0.25, 0.3) is 0 Å². The normalized spacial score (nSPS) is 14.5. The molecule has 0 aliphatic carbocycles. The van der Waals surface area contributed by atoms with Crippen molar-refractivity contribution in [2.24, 2.45) is 4.99 Å². The van der Waals surface area contributed by atoms with Gasteiger partial charge in [0.2, 0.25) is 5.91 Å². The largest absolute Gasteiger partial charge is 0.372 e. The quantitative estimate of drug-likeness (QED) is 0.273. The van der Waals surface area contributed by atoms with E-state index in [2.05, 4.69) is 57.0 Å². The van der Waals surface area contributed by atoms with Crippen molar-refractivity contribution in [3.63, 3.8) is 0 Å². The van der Waals surface area contributed by atoms with Crippen molar-refractivity contribution < 1.29 is 4.79 Å². The van der Waals surface area contributed by atoms with Crippen molar-refractivity contribution in [3.8, 4) is 0 Å². The highest BCUT2D eigenvalue weighted by molar-refractivity contribution is 14.0. The van der Waals surface area contributed by atoms with Crippen LogP contribution >= 0.6 is 24.0 Å². The fraction of sp³-hybridized carbons (Fsp3) is 0.417. The first kappa shape index (κ1) is 25.0. The summed E-state index contributed by atoms with van der Waals surface area (Å²) in [6, 6.07) is 18.7. The lowest BCUT2D eigenvalue weighted by Gasteiger charge is -2.22. The van der Waals surface area contributed by atoms with Crippen LogP contribution in [0.25, 0.3) is 0 Å². The first-order valence-corrected chi connectivity index (χ1v) is 10.8. The molecule has 3 N–H and O–H groups in total. The molecule has 1 aliphatic heterocycles. The summed E-state index contributed by atoms with van der Waals surface area (Å²) in [5, 5.41) is 9.60. The van der Waals surface area contributed by atoms with E-state index in [1.54, 1.807) is 7.05 Å². The first-order valence-electron chi connectivity index (χ1n) is 10.8. The number of nitrogens with one attached hydrogen (secondary N) is 3. The second-order valence-corrected chi connectivity index (χ2v) is 7.67. The Hall–Kier alpha value is -2.29. The van der Waals surface area contributed by atoms with E-state index < -0.39 is 0 Å². The van der Waals surface area contributed by atoms with E-state index in [4.69, 9.17) is 0 Å². The van der Waals surface area contributed by atoms with E-state index in [1.807, 2.05) is 30.3 Å². The van der Waals surface area contributed by atoms with Crippen LogP contribution in [0.15, 0.2) is 59.6 Å². The number of benzene rings is 2. The minimum atomic E-state index is 0. The molecule has 0 spiro atoms. The van der Waals surface area contributed by atoms with Crippen molar-refractivity contribution in [1.82, 2.24) is 16.0 Å². The maximum atomic E-state index is 12.1. The molecule has 1 amide bonds. The number of carbonyl (C=O) groups is 1. The van der Waals surface area contributed by atoms with Gasteiger partial charge in [-0.3, -0.25) is 9.79 Å². The number of nitrogens with zero attached hydrogens (tertiary/aromatic N) is 2. The van der Waals surface area contributed by atoms with Gasteiger partial charge in [-0.25, -0.2) is 0 Å². The Balaban J connectivity index is 0.00000341. The van der Waals surface area contributed by atoms with E-state index in [0.29, 0.717) is 25.5 Å². The standard InChI is InChI=1S/C24H33N5O.HI/c1-19(21-11-8-12-22(17-21)29-15-6-7-16-29)28-24(25-2)26-14-13-23(30)27-18-20-9-4-3-5-10-20;/h3-5,8-12,17,19H,6-7,13-16,18H2,1-2H3,(H,27,30)(H2,25,26,28);1H. The van der Waals surface area contributed by atoms with Crippen LogP contribution < -0.4 is 20.9 Å². The van der Waals surface area contributed by atoms with Crippen LogP contribution in [0.1, 0.15) is 43.4 Å². The molecule has 0 radical (unpaired) electrons. The molecule has 1 unspecified atom stereocenters. The lowest BCUT2D eigenvalue weighted by atomic mass is 10.1. The Labute approximate surface area is 202 Å². The van der Waals surface area contributed by atoms with Gasteiger partial charge in [-0.15, -0.1) is 24.0 Å². The van der Waals surface area contributed by atoms with Crippen molar-refractivity contribution in [1.29, 1.82) is 0 Å². The molecule has 2 aromatic carbocycles. The lowest BCUT2D eigenvalue weighted by molar-refractivity contribution is -0.121. The van der Waals surface area contributed by atoms with E-state index in [0.717, 1.165) is 18.7 Å². The zero-order valence-corrected chi connectivity index (χ0v) is 20.8. The molecule has 6 nitrogen and oxygen atoms in total. The molecule has 3 rings (SSSR count). The second kappa shape index (κ2) is 13.2. The van der Waals surface area contributed by atoms with E-state index >= 15 is 0 Å². The van der Waals surface area contributed by atoms with Crippen LogP contribution in [0.5, 0.6) is 0 Å². The van der Waals surface area contributed by atoms with E-state index in [1.165, 1.54) is 24.1 Å². The van der Waals surface area contributed by atoms with Crippen molar-refractivity contribution in [3.05, 3.63) is 65.7 Å². The van der Waals surface area contributed by atoms with Gasteiger partial charge in [-0.2, -0.15) is 0 Å². The molecule has 31 heavy (non-hydrogen) atoms. The van der Waals surface area contributed by atoms with Crippen molar-refractivity contribution >= 4 is 41.5 Å². The Morgan fingerprint density at radius 2 is 1.81 bits per heavy atom. The number of amides is 1. The zero-order valence-electron chi connectivity index (χ0n) is 18.4. The molecule has 1 heterocycles. The SMILES string of the molecule is CN=C(NCCC(=O)NCc1ccccc1)NC(C)c1cccc(N2CCCC2)c1.I. The smallest absolute Gasteiger partial charge is 0.222 e. The number of hydrogen-bond donors (Lipinski definition) is 3. The summed E-state index contributed by atoms with van der Waals surface area (Å²) in [5.74, 6) is 0.720. The second-order valence-electron chi connectivity index (χ2n) is 7.67. The third-order valence-corrected chi connectivity index (χ3v) is 5.40. The summed E-state index contributed by atoms with van der Waals surface area (Å²) in [5.41, 5.74) is 3.61. The number of aliphatic imine (C=N–C) groups is 1. The molecular formula is C24H34IN5O. The fourth-order valence-electron chi connectivity index (χ4n) is 3.63. The summed E-state index contributed by atoms with van der Waals surface area (Å²) in [6.07, 6.45) is 2.94. The molecule has 1 fully saturated rings. The maximum absolute atomic E-state index is 12.1. The molecule has 0 saturated carbocycles. The molecule has 1 atom stereocenters. The molecule has 0 bridgehead atoms. The van der Waals surface area contributed by atoms with Gasteiger partial charge in [0.05, 0.1) is 6.04 Å². The Morgan fingerprint density at radius 1 is 1.06 bits per heavy atom. The highest BCUT2D eigenvalue weighted by atomic mass is 127. The third kappa shape index (κ3) is 8.05. The molecular weight excluding hydrogens is 501 g/mol. The molecule has 168 valence electrons. The van der Waals surface area contributed by atoms with Crippen LogP contribution in [0.3, 0.4) is 0 Å². The summed E-state index contributed by atoms with van der Waals surface area (Å²) < 4.78 is 0. The molecule has 1 saturated heterocycles. The first-order chi connectivity index (χ1) is 14.7. The van der Waals surface area contributed by atoms with Gasteiger partial charge in [0, 0.05) is 45.3 Å². The fourth-order valence-corrected chi connectivity index (χ4v) is 3.63. The average Bonchev–Trinajstić information content (AvgIpc) is 3.33. The zero-order chi connectivity index (χ0) is 21.2. The maximum Gasteiger partial charge on any atom is 0.222 e. The van der Waals surface area contributed by atoms with E-state index in [9.17, 15) is 4.79 Å². The highest BCUT2D eigenvalue weighted by Crippen LogP contribution is 2.23. The summed E-state index contributed by atoms with van der Waals surface area (Å²) in [4.78, 5) is 18.8. The van der Waals surface area contributed by atoms with Crippen LogP contribution in [-0.4, -0.2) is 38.5 Å². The number of hydrogen-bond acceptors (Lipinski definition) is 3. The average molecular weight is 535 g/mol. The number of carbonyl (C=O) groups excluding carboxylic acids is 1. The molecule has 7 heteroatoms. The minimum absolute atomic E-state index is 0. The monoisotopic (exact) mass is 535 g/mol. The van der Waals surface area contributed by atoms with Gasteiger partial charge < -0.3 is 20.9 Å². The van der Waals surface area contributed by atoms with E-state index in [-0.39, 0.29) is 35.9 Å². The third-order valence-electron chi connectivity index (χ3n) is 5.40. The van der Waals surface area contributed by atoms with Crippen LogP contribution in [0.2, 0.25) is 0 Å². The van der Waals surface area contributed by atoms with Crippen LogP contribution in [0.4, 0.5) is 5.69 Å². The molecule has 2 aromatic rings. The Morgan fingerprint density at radius 3 is 2.52 bits per heavy atom. The Bertz CT molecular complexity index is 837. The summed E-state index contributed by atoms with van der Waals surface area (Å²) >= 11 is 0. The summed E-state index contributed by atoms with van der Waals surface area (Å²) in [6.45, 7) is 5.49.